The molecule has 0 aliphatic heterocycles. The van der Waals surface area contributed by atoms with Crippen LogP contribution in [0.5, 0.6) is 0 Å². The molecule has 1 heterocycles. The Balaban J connectivity index is 3.00. The molecule has 0 aliphatic carbocycles. The van der Waals surface area contributed by atoms with Gasteiger partial charge in [-0.1, -0.05) is 0 Å². The van der Waals surface area contributed by atoms with Crippen LogP contribution in [-0.4, -0.2) is 16.1 Å². The maximum absolute atomic E-state index is 10.3. The van der Waals surface area contributed by atoms with E-state index in [9.17, 15) is 4.79 Å². The fraction of sp³-hybridized carbons (Fsp3) is 0.200. The summed E-state index contributed by atoms with van der Waals surface area (Å²) in [4.78, 5) is 14.4. The molecule has 0 radical (unpaired) electrons. The van der Waals surface area contributed by atoms with Crippen LogP contribution in [0, 0.1) is 13.8 Å². The Morgan fingerprint density at radius 3 is 2.85 bits per heavy atom. The van der Waals surface area contributed by atoms with Gasteiger partial charge in [-0.15, -0.1) is 0 Å². The zero-order chi connectivity index (χ0) is 9.84. The first-order valence-corrected chi connectivity index (χ1v) is 3.94. The molecule has 68 valence electrons. The lowest BCUT2D eigenvalue weighted by Crippen LogP contribution is -1.89. The van der Waals surface area contributed by atoms with Gasteiger partial charge in [0.25, 0.3) is 0 Å². The summed E-state index contributed by atoms with van der Waals surface area (Å²) in [5.41, 5.74) is 2.76. The van der Waals surface area contributed by atoms with Crippen LogP contribution < -0.4 is 0 Å². The van der Waals surface area contributed by atoms with E-state index in [0.717, 1.165) is 22.9 Å². The van der Waals surface area contributed by atoms with E-state index in [-0.39, 0.29) is 0 Å². The number of carboxylic acid groups (broad SMARTS) is 1. The summed E-state index contributed by atoms with van der Waals surface area (Å²) in [7, 11) is 0. The largest absolute Gasteiger partial charge is 0.478 e. The lowest BCUT2D eigenvalue weighted by molar-refractivity contribution is -0.131. The van der Waals surface area contributed by atoms with Gasteiger partial charge in [0.05, 0.1) is 0 Å². The third-order valence-electron chi connectivity index (χ3n) is 1.69. The predicted octanol–water partition coefficient (Wildman–Crippen LogP) is 1.80. The van der Waals surface area contributed by atoms with E-state index < -0.39 is 5.97 Å². The molecular weight excluding hydrogens is 166 g/mol. The molecule has 0 unspecified atom stereocenters. The Morgan fingerprint density at radius 1 is 1.54 bits per heavy atom. The minimum atomic E-state index is -0.936. The second kappa shape index (κ2) is 3.85. The molecular formula is C10H11NO2. The van der Waals surface area contributed by atoms with Crippen LogP contribution in [0.4, 0.5) is 0 Å². The smallest absolute Gasteiger partial charge is 0.328 e. The highest BCUT2D eigenvalue weighted by molar-refractivity contribution is 5.85. The maximum atomic E-state index is 10.3. The first-order valence-electron chi connectivity index (χ1n) is 3.94. The Bertz CT molecular complexity index is 356. The number of aryl methyl sites for hydroxylation is 2. The van der Waals surface area contributed by atoms with Crippen LogP contribution in [-0.2, 0) is 4.79 Å². The Morgan fingerprint density at radius 2 is 2.23 bits per heavy atom. The number of pyridine rings is 1. The standard InChI is InChI=1S/C10H11NO2/c1-7-6-11-8(2)5-9(7)3-4-10(12)13/h3-6H,1-2H3,(H,12,13)/b4-3+. The molecule has 0 amide bonds. The fourth-order valence-corrected chi connectivity index (χ4v) is 0.990. The van der Waals surface area contributed by atoms with Crippen molar-refractivity contribution in [1.82, 2.24) is 4.98 Å². The van der Waals surface area contributed by atoms with Gasteiger partial charge in [0.1, 0.15) is 0 Å². The van der Waals surface area contributed by atoms with Crippen molar-refractivity contribution in [1.29, 1.82) is 0 Å². The van der Waals surface area contributed by atoms with Gasteiger partial charge in [0.15, 0.2) is 0 Å². The molecule has 0 fully saturated rings. The summed E-state index contributed by atoms with van der Waals surface area (Å²) in [5.74, 6) is -0.936. The topological polar surface area (TPSA) is 50.2 Å². The van der Waals surface area contributed by atoms with E-state index in [0.29, 0.717) is 0 Å². The second-order valence-corrected chi connectivity index (χ2v) is 2.85. The summed E-state index contributed by atoms with van der Waals surface area (Å²) >= 11 is 0. The third-order valence-corrected chi connectivity index (χ3v) is 1.69. The van der Waals surface area contributed by atoms with E-state index in [1.54, 1.807) is 12.3 Å². The number of aliphatic carboxylic acids is 1. The lowest BCUT2D eigenvalue weighted by atomic mass is 10.1. The van der Waals surface area contributed by atoms with Crippen LogP contribution >= 0.6 is 0 Å². The molecule has 0 saturated carbocycles. The lowest BCUT2D eigenvalue weighted by Gasteiger charge is -1.99. The summed E-state index contributed by atoms with van der Waals surface area (Å²) in [6.45, 7) is 3.77. The zero-order valence-electron chi connectivity index (χ0n) is 7.61. The minimum absolute atomic E-state index is 0.885. The van der Waals surface area contributed by atoms with Crippen molar-refractivity contribution < 1.29 is 9.90 Å². The Kier molecular flexibility index (Phi) is 2.80. The number of carbonyl (C=O) groups is 1. The van der Waals surface area contributed by atoms with Gasteiger partial charge < -0.3 is 5.11 Å². The molecule has 1 N–H and O–H groups in total. The number of nitrogens with zero attached hydrogens (tertiary/aromatic N) is 1. The van der Waals surface area contributed by atoms with Crippen molar-refractivity contribution in [3.63, 3.8) is 0 Å². The van der Waals surface area contributed by atoms with Gasteiger partial charge in [-0.05, 0) is 37.1 Å². The van der Waals surface area contributed by atoms with Gasteiger partial charge >= 0.3 is 5.97 Å². The number of aromatic nitrogens is 1. The molecule has 1 aromatic heterocycles. The Hall–Kier alpha value is -1.64. The molecule has 0 spiro atoms. The van der Waals surface area contributed by atoms with Gasteiger partial charge in [-0.3, -0.25) is 4.98 Å². The zero-order valence-corrected chi connectivity index (χ0v) is 7.61. The van der Waals surface area contributed by atoms with Crippen molar-refractivity contribution in [2.24, 2.45) is 0 Å². The fourth-order valence-electron chi connectivity index (χ4n) is 0.990. The molecule has 0 saturated heterocycles. The molecule has 1 aromatic rings. The monoisotopic (exact) mass is 177 g/mol. The van der Waals surface area contributed by atoms with Crippen LogP contribution in [0.2, 0.25) is 0 Å². The number of rotatable bonds is 2. The summed E-state index contributed by atoms with van der Waals surface area (Å²) in [6.07, 6.45) is 4.44. The van der Waals surface area contributed by atoms with Crippen molar-refractivity contribution in [3.05, 3.63) is 35.2 Å². The average molecular weight is 177 g/mol. The van der Waals surface area contributed by atoms with E-state index in [1.165, 1.54) is 0 Å². The van der Waals surface area contributed by atoms with Gasteiger partial charge in [-0.25, -0.2) is 4.79 Å². The number of carboxylic acids is 1. The first kappa shape index (κ1) is 9.45. The maximum Gasteiger partial charge on any atom is 0.328 e. The number of hydrogen-bond donors (Lipinski definition) is 1. The molecule has 0 bridgehead atoms. The highest BCUT2D eigenvalue weighted by Gasteiger charge is 1.95. The van der Waals surface area contributed by atoms with Crippen molar-refractivity contribution >= 4 is 12.0 Å². The van der Waals surface area contributed by atoms with E-state index in [1.807, 2.05) is 19.9 Å². The van der Waals surface area contributed by atoms with Crippen LogP contribution in [0.25, 0.3) is 6.08 Å². The first-order chi connectivity index (χ1) is 6.09. The van der Waals surface area contributed by atoms with E-state index in [2.05, 4.69) is 4.98 Å². The minimum Gasteiger partial charge on any atom is -0.478 e. The summed E-state index contributed by atoms with van der Waals surface area (Å²) < 4.78 is 0. The number of hydrogen-bond acceptors (Lipinski definition) is 2. The molecule has 13 heavy (non-hydrogen) atoms. The molecule has 0 aliphatic rings. The summed E-state index contributed by atoms with van der Waals surface area (Å²) in [5, 5.41) is 8.43. The van der Waals surface area contributed by atoms with Crippen LogP contribution in [0.1, 0.15) is 16.8 Å². The average Bonchev–Trinajstić information content (AvgIpc) is 2.06. The molecule has 3 nitrogen and oxygen atoms in total. The Labute approximate surface area is 76.7 Å². The highest BCUT2D eigenvalue weighted by atomic mass is 16.4. The molecule has 1 rings (SSSR count). The van der Waals surface area contributed by atoms with Crippen molar-refractivity contribution in [2.45, 2.75) is 13.8 Å². The van der Waals surface area contributed by atoms with E-state index in [4.69, 9.17) is 5.11 Å². The van der Waals surface area contributed by atoms with Crippen LogP contribution in [0.15, 0.2) is 18.3 Å². The highest BCUT2D eigenvalue weighted by Crippen LogP contribution is 2.09. The normalized spacial score (nSPS) is 10.6. The molecule has 0 aromatic carbocycles. The van der Waals surface area contributed by atoms with Gasteiger partial charge in [-0.2, -0.15) is 0 Å². The summed E-state index contributed by atoms with van der Waals surface area (Å²) in [6, 6.07) is 1.86. The van der Waals surface area contributed by atoms with E-state index >= 15 is 0 Å². The second-order valence-electron chi connectivity index (χ2n) is 2.85. The third kappa shape index (κ3) is 2.71. The SMILES string of the molecule is Cc1cc(/C=C/C(=O)O)c(C)cn1. The molecule has 0 atom stereocenters. The van der Waals surface area contributed by atoms with Gasteiger partial charge in [0, 0.05) is 18.0 Å². The predicted molar refractivity (Wildman–Crippen MR) is 50.4 cm³/mol. The van der Waals surface area contributed by atoms with Crippen molar-refractivity contribution in [3.8, 4) is 0 Å². The quantitative estimate of drug-likeness (QED) is 0.701. The van der Waals surface area contributed by atoms with Crippen LogP contribution in [0.3, 0.4) is 0 Å². The van der Waals surface area contributed by atoms with Gasteiger partial charge in [0.2, 0.25) is 0 Å². The van der Waals surface area contributed by atoms with Crippen molar-refractivity contribution in [2.75, 3.05) is 0 Å². The molecule has 3 heteroatoms.